The van der Waals surface area contributed by atoms with Crippen LogP contribution in [0, 0.1) is 0 Å². The molecule has 96 valence electrons. The number of hydrogen-bond donors (Lipinski definition) is 3. The maximum Gasteiger partial charge on any atom is 0.124 e. The Morgan fingerprint density at radius 1 is 1.39 bits per heavy atom. The van der Waals surface area contributed by atoms with Gasteiger partial charge in [0.1, 0.15) is 11.6 Å². The Hall–Kier alpha value is -2.01. The number of nitrogens with one attached hydrogen (secondary N) is 1. The van der Waals surface area contributed by atoms with E-state index < -0.39 is 6.10 Å². The molecule has 0 amide bonds. The number of nitrogens with two attached hydrogens (primary N) is 1. The predicted molar refractivity (Wildman–Crippen MR) is 69.3 cm³/mol. The molecule has 2 rings (SSSR count). The smallest absolute Gasteiger partial charge is 0.124 e. The van der Waals surface area contributed by atoms with Crippen LogP contribution in [0.15, 0.2) is 30.5 Å². The average molecular weight is 247 g/mol. The largest absolute Gasteiger partial charge is 0.497 e. The van der Waals surface area contributed by atoms with Crippen LogP contribution < -0.4 is 10.5 Å². The number of nitrogens with zero attached hydrogens (tertiary/aromatic N) is 1. The van der Waals surface area contributed by atoms with Crippen molar-refractivity contribution < 1.29 is 9.84 Å². The fraction of sp³-hybridized carbons (Fsp3) is 0.308. The summed E-state index contributed by atoms with van der Waals surface area (Å²) in [5.41, 5.74) is 7.46. The van der Waals surface area contributed by atoms with Crippen LogP contribution in [0.2, 0.25) is 0 Å². The third kappa shape index (κ3) is 2.81. The van der Waals surface area contributed by atoms with Crippen molar-refractivity contribution in [3.8, 4) is 5.75 Å². The number of methoxy groups -OCH3 is 1. The van der Waals surface area contributed by atoms with Crippen LogP contribution in [-0.4, -0.2) is 22.4 Å². The highest BCUT2D eigenvalue weighted by Gasteiger charge is 2.12. The number of hydrogen-bond acceptors (Lipinski definition) is 4. The van der Waals surface area contributed by atoms with Crippen LogP contribution in [0.4, 0.5) is 5.82 Å². The molecule has 1 aromatic carbocycles. The lowest BCUT2D eigenvalue weighted by molar-refractivity contribution is 0.168. The zero-order chi connectivity index (χ0) is 13.0. The van der Waals surface area contributed by atoms with E-state index >= 15 is 0 Å². The van der Waals surface area contributed by atoms with E-state index in [2.05, 4.69) is 10.2 Å². The van der Waals surface area contributed by atoms with E-state index in [0.29, 0.717) is 17.8 Å². The number of nitrogen functional groups attached to an aromatic ring is 1. The van der Waals surface area contributed by atoms with Gasteiger partial charge < -0.3 is 15.6 Å². The number of aliphatic hydroxyl groups is 1. The standard InChI is InChI=1S/C13H17N3O2/c1-18-10-5-2-9(3-6-10)4-7-12(17)11-8-15-16-13(11)14/h2-3,5-6,8,12,17H,4,7H2,1H3,(H3,14,15,16). The van der Waals surface area contributed by atoms with Crippen molar-refractivity contribution in [3.05, 3.63) is 41.6 Å². The van der Waals surface area contributed by atoms with Crippen molar-refractivity contribution >= 4 is 5.82 Å². The second-order valence-corrected chi connectivity index (χ2v) is 4.14. The molecular formula is C13H17N3O2. The Bertz CT molecular complexity index is 493. The molecule has 4 N–H and O–H groups in total. The highest BCUT2D eigenvalue weighted by Crippen LogP contribution is 2.23. The molecule has 18 heavy (non-hydrogen) atoms. The number of rotatable bonds is 5. The molecule has 0 aliphatic rings. The van der Waals surface area contributed by atoms with Crippen LogP contribution in [0.25, 0.3) is 0 Å². The van der Waals surface area contributed by atoms with E-state index in [-0.39, 0.29) is 0 Å². The summed E-state index contributed by atoms with van der Waals surface area (Å²) in [6.07, 6.45) is 2.35. The first-order valence-corrected chi connectivity index (χ1v) is 5.80. The Morgan fingerprint density at radius 2 is 2.11 bits per heavy atom. The summed E-state index contributed by atoms with van der Waals surface area (Å²) in [4.78, 5) is 0. The molecule has 0 aliphatic carbocycles. The number of anilines is 1. The van der Waals surface area contributed by atoms with E-state index in [1.165, 1.54) is 0 Å². The average Bonchev–Trinajstić information content (AvgIpc) is 2.83. The monoisotopic (exact) mass is 247 g/mol. The molecule has 1 heterocycles. The van der Waals surface area contributed by atoms with Crippen molar-refractivity contribution in [2.24, 2.45) is 0 Å². The van der Waals surface area contributed by atoms with Crippen LogP contribution in [-0.2, 0) is 6.42 Å². The van der Waals surface area contributed by atoms with Gasteiger partial charge in [-0.2, -0.15) is 5.10 Å². The fourth-order valence-electron chi connectivity index (χ4n) is 1.82. The van der Waals surface area contributed by atoms with Gasteiger partial charge in [0.05, 0.1) is 19.4 Å². The highest BCUT2D eigenvalue weighted by molar-refractivity contribution is 5.38. The molecule has 0 fully saturated rings. The SMILES string of the molecule is COc1ccc(CCC(O)c2cn[nH]c2N)cc1. The number of H-pyrrole nitrogens is 1. The number of aromatic nitrogens is 2. The third-order valence-electron chi connectivity index (χ3n) is 2.92. The molecule has 0 saturated heterocycles. The Kier molecular flexibility index (Phi) is 3.84. The fourth-order valence-corrected chi connectivity index (χ4v) is 1.82. The molecular weight excluding hydrogens is 230 g/mol. The minimum atomic E-state index is -0.592. The zero-order valence-corrected chi connectivity index (χ0v) is 10.3. The molecule has 1 atom stereocenters. The summed E-state index contributed by atoms with van der Waals surface area (Å²) in [5, 5.41) is 16.4. The van der Waals surface area contributed by atoms with Gasteiger partial charge in [-0.1, -0.05) is 12.1 Å². The number of benzene rings is 1. The maximum absolute atomic E-state index is 9.99. The van der Waals surface area contributed by atoms with Crippen LogP contribution in [0.1, 0.15) is 23.7 Å². The maximum atomic E-state index is 9.99. The van der Waals surface area contributed by atoms with Crippen molar-refractivity contribution in [3.63, 3.8) is 0 Å². The van der Waals surface area contributed by atoms with Crippen molar-refractivity contribution in [1.29, 1.82) is 0 Å². The summed E-state index contributed by atoms with van der Waals surface area (Å²) in [6, 6.07) is 7.80. The zero-order valence-electron chi connectivity index (χ0n) is 10.3. The van der Waals surface area contributed by atoms with Crippen LogP contribution in [0.3, 0.4) is 0 Å². The molecule has 5 nitrogen and oxygen atoms in total. The molecule has 2 aromatic rings. The second kappa shape index (κ2) is 5.55. The van der Waals surface area contributed by atoms with Crippen molar-refractivity contribution in [2.45, 2.75) is 18.9 Å². The normalized spacial score (nSPS) is 12.3. The first-order chi connectivity index (χ1) is 8.70. The molecule has 0 spiro atoms. The number of aryl methyl sites for hydroxylation is 1. The molecule has 0 bridgehead atoms. The lowest BCUT2D eigenvalue weighted by atomic mass is 10.0. The lowest BCUT2D eigenvalue weighted by Crippen LogP contribution is -2.02. The van der Waals surface area contributed by atoms with E-state index in [1.807, 2.05) is 24.3 Å². The quantitative estimate of drug-likeness (QED) is 0.750. The van der Waals surface area contributed by atoms with Gasteiger partial charge in [0.2, 0.25) is 0 Å². The Balaban J connectivity index is 1.93. The van der Waals surface area contributed by atoms with Crippen LogP contribution >= 0.6 is 0 Å². The van der Waals surface area contributed by atoms with Gasteiger partial charge in [0.25, 0.3) is 0 Å². The summed E-state index contributed by atoms with van der Waals surface area (Å²) < 4.78 is 5.09. The van der Waals surface area contributed by atoms with E-state index in [4.69, 9.17) is 10.5 Å². The number of aliphatic hydroxyl groups excluding tert-OH is 1. The molecule has 1 unspecified atom stereocenters. The van der Waals surface area contributed by atoms with Gasteiger partial charge in [-0.3, -0.25) is 5.10 Å². The van der Waals surface area contributed by atoms with E-state index in [9.17, 15) is 5.11 Å². The number of aromatic amines is 1. The van der Waals surface area contributed by atoms with Crippen molar-refractivity contribution in [2.75, 3.05) is 12.8 Å². The second-order valence-electron chi connectivity index (χ2n) is 4.14. The van der Waals surface area contributed by atoms with Gasteiger partial charge in [0, 0.05) is 5.56 Å². The van der Waals surface area contributed by atoms with Crippen molar-refractivity contribution in [1.82, 2.24) is 10.2 Å². The summed E-state index contributed by atoms with van der Waals surface area (Å²) >= 11 is 0. The van der Waals surface area contributed by atoms with Gasteiger partial charge in [-0.25, -0.2) is 0 Å². The predicted octanol–water partition coefficient (Wildman–Crippen LogP) is 1.67. The Labute approximate surface area is 106 Å². The molecule has 5 heteroatoms. The molecule has 0 radical (unpaired) electrons. The van der Waals surface area contributed by atoms with Gasteiger partial charge >= 0.3 is 0 Å². The summed E-state index contributed by atoms with van der Waals surface area (Å²) in [7, 11) is 1.64. The summed E-state index contributed by atoms with van der Waals surface area (Å²) in [5.74, 6) is 1.26. The minimum Gasteiger partial charge on any atom is -0.497 e. The van der Waals surface area contributed by atoms with E-state index in [1.54, 1.807) is 13.3 Å². The minimum absolute atomic E-state index is 0.428. The number of ether oxygens (including phenoxy) is 1. The molecule has 0 saturated carbocycles. The molecule has 1 aromatic heterocycles. The topological polar surface area (TPSA) is 84.2 Å². The first kappa shape index (κ1) is 12.4. The Morgan fingerprint density at radius 3 is 2.67 bits per heavy atom. The highest BCUT2D eigenvalue weighted by atomic mass is 16.5. The lowest BCUT2D eigenvalue weighted by Gasteiger charge is -2.09. The van der Waals surface area contributed by atoms with E-state index in [0.717, 1.165) is 17.7 Å². The van der Waals surface area contributed by atoms with Gasteiger partial charge in [-0.15, -0.1) is 0 Å². The third-order valence-corrected chi connectivity index (χ3v) is 2.92. The van der Waals surface area contributed by atoms with Gasteiger partial charge in [-0.05, 0) is 30.5 Å². The molecule has 0 aliphatic heterocycles. The van der Waals surface area contributed by atoms with Crippen LogP contribution in [0.5, 0.6) is 5.75 Å². The summed E-state index contributed by atoms with van der Waals surface area (Å²) in [6.45, 7) is 0. The first-order valence-electron chi connectivity index (χ1n) is 5.80. The van der Waals surface area contributed by atoms with Gasteiger partial charge in [0.15, 0.2) is 0 Å².